The summed E-state index contributed by atoms with van der Waals surface area (Å²) in [6, 6.07) is 1.76. The molecule has 1 heteroatoms. The summed E-state index contributed by atoms with van der Waals surface area (Å²) < 4.78 is 0. The molecule has 5 atom stereocenters. The molecule has 1 nitrogen and oxygen atoms in total. The zero-order valence-corrected chi connectivity index (χ0v) is 11.5. The van der Waals surface area contributed by atoms with E-state index in [0.29, 0.717) is 0 Å². The van der Waals surface area contributed by atoms with Crippen LogP contribution in [0.25, 0.3) is 0 Å². The average molecular weight is 211 g/mol. The molecule has 1 fully saturated rings. The van der Waals surface area contributed by atoms with E-state index < -0.39 is 0 Å². The van der Waals surface area contributed by atoms with Crippen LogP contribution in [-0.4, -0.2) is 24.0 Å². The molecular weight excluding hydrogens is 182 g/mol. The van der Waals surface area contributed by atoms with Crippen LogP contribution >= 0.6 is 0 Å². The molecule has 90 valence electrons. The van der Waals surface area contributed by atoms with Gasteiger partial charge < -0.3 is 0 Å². The molecule has 1 saturated heterocycles. The summed E-state index contributed by atoms with van der Waals surface area (Å²) >= 11 is 0. The quantitative estimate of drug-likeness (QED) is 0.604. The van der Waals surface area contributed by atoms with Gasteiger partial charge in [-0.1, -0.05) is 41.0 Å². The van der Waals surface area contributed by atoms with Gasteiger partial charge in [-0.2, -0.15) is 0 Å². The minimum absolute atomic E-state index is 0.846. The van der Waals surface area contributed by atoms with Crippen molar-refractivity contribution in [2.24, 2.45) is 17.8 Å². The molecule has 0 N–H and O–H groups in total. The number of hydrogen-bond acceptors (Lipinski definition) is 1. The van der Waals surface area contributed by atoms with Crippen LogP contribution in [0.15, 0.2) is 0 Å². The SMILES string of the molecule is CCC(C)CC1C(C(C)CC(C)C)N1C. The molecule has 0 aromatic heterocycles. The summed E-state index contributed by atoms with van der Waals surface area (Å²) in [6.45, 7) is 11.8. The van der Waals surface area contributed by atoms with Crippen molar-refractivity contribution in [2.45, 2.75) is 66.0 Å². The van der Waals surface area contributed by atoms with Crippen LogP contribution in [0.3, 0.4) is 0 Å². The van der Waals surface area contributed by atoms with Crippen molar-refractivity contribution in [1.29, 1.82) is 0 Å². The molecule has 0 amide bonds. The molecule has 1 aliphatic heterocycles. The zero-order valence-electron chi connectivity index (χ0n) is 11.5. The van der Waals surface area contributed by atoms with Gasteiger partial charge in [-0.3, -0.25) is 4.90 Å². The minimum atomic E-state index is 0.846. The van der Waals surface area contributed by atoms with Crippen molar-refractivity contribution in [3.05, 3.63) is 0 Å². The highest BCUT2D eigenvalue weighted by molar-refractivity contribution is 5.02. The fourth-order valence-electron chi connectivity index (χ4n) is 2.98. The lowest BCUT2D eigenvalue weighted by molar-refractivity contribution is 0.392. The highest BCUT2D eigenvalue weighted by atomic mass is 15.3. The third kappa shape index (κ3) is 3.48. The summed E-state index contributed by atoms with van der Waals surface area (Å²) in [4.78, 5) is 2.58. The molecule has 0 aliphatic carbocycles. The van der Waals surface area contributed by atoms with E-state index in [2.05, 4.69) is 46.6 Å². The van der Waals surface area contributed by atoms with Crippen LogP contribution in [0.5, 0.6) is 0 Å². The molecule has 5 unspecified atom stereocenters. The predicted octanol–water partition coefficient (Wildman–Crippen LogP) is 3.79. The Morgan fingerprint density at radius 1 is 1.13 bits per heavy atom. The second-order valence-corrected chi connectivity index (χ2v) is 6.08. The third-order valence-corrected chi connectivity index (χ3v) is 4.06. The molecule has 1 aliphatic rings. The first-order chi connectivity index (χ1) is 6.97. The Bertz CT molecular complexity index is 188. The van der Waals surface area contributed by atoms with Gasteiger partial charge in [0.2, 0.25) is 0 Å². The summed E-state index contributed by atoms with van der Waals surface area (Å²) in [5.41, 5.74) is 0. The average Bonchev–Trinajstić information content (AvgIpc) is 2.75. The largest absolute Gasteiger partial charge is 0.297 e. The van der Waals surface area contributed by atoms with E-state index in [1.807, 2.05) is 0 Å². The van der Waals surface area contributed by atoms with Gasteiger partial charge >= 0.3 is 0 Å². The van der Waals surface area contributed by atoms with E-state index in [0.717, 1.165) is 29.8 Å². The Balaban J connectivity index is 2.33. The van der Waals surface area contributed by atoms with Gasteiger partial charge in [0.15, 0.2) is 0 Å². The number of rotatable bonds is 6. The maximum atomic E-state index is 2.58. The van der Waals surface area contributed by atoms with Gasteiger partial charge in [0.25, 0.3) is 0 Å². The molecule has 15 heavy (non-hydrogen) atoms. The maximum Gasteiger partial charge on any atom is 0.0277 e. The monoisotopic (exact) mass is 211 g/mol. The van der Waals surface area contributed by atoms with E-state index >= 15 is 0 Å². The van der Waals surface area contributed by atoms with E-state index in [1.165, 1.54) is 19.3 Å². The first kappa shape index (κ1) is 13.0. The van der Waals surface area contributed by atoms with Crippen LogP contribution in [0.2, 0.25) is 0 Å². The molecule has 0 bridgehead atoms. The molecule has 0 aromatic rings. The smallest absolute Gasteiger partial charge is 0.0277 e. The van der Waals surface area contributed by atoms with Crippen molar-refractivity contribution in [3.8, 4) is 0 Å². The molecular formula is C14H29N. The van der Waals surface area contributed by atoms with Gasteiger partial charge in [-0.25, -0.2) is 0 Å². The molecule has 0 aromatic carbocycles. The number of likely N-dealkylation sites (N-methyl/N-ethyl adjacent to an activating group) is 1. The highest BCUT2D eigenvalue weighted by Gasteiger charge is 2.47. The minimum Gasteiger partial charge on any atom is -0.297 e. The van der Waals surface area contributed by atoms with E-state index in [-0.39, 0.29) is 0 Å². The zero-order chi connectivity index (χ0) is 11.6. The van der Waals surface area contributed by atoms with Gasteiger partial charge in [-0.15, -0.1) is 0 Å². The van der Waals surface area contributed by atoms with E-state index in [4.69, 9.17) is 0 Å². The predicted molar refractivity (Wildman–Crippen MR) is 68.0 cm³/mol. The lowest BCUT2D eigenvalue weighted by Crippen LogP contribution is -2.12. The Labute approximate surface area is 96.2 Å². The maximum absolute atomic E-state index is 2.58. The van der Waals surface area contributed by atoms with Gasteiger partial charge in [0, 0.05) is 12.1 Å². The van der Waals surface area contributed by atoms with Crippen molar-refractivity contribution in [1.82, 2.24) is 4.90 Å². The number of nitrogens with zero attached hydrogens (tertiary/aromatic N) is 1. The Kier molecular flexibility index (Phi) is 4.64. The lowest BCUT2D eigenvalue weighted by Gasteiger charge is -2.13. The normalized spacial score (nSPS) is 34.2. The second kappa shape index (κ2) is 5.34. The Morgan fingerprint density at radius 3 is 2.20 bits per heavy atom. The van der Waals surface area contributed by atoms with Gasteiger partial charge in [-0.05, 0) is 37.6 Å². The van der Waals surface area contributed by atoms with Gasteiger partial charge in [0.05, 0.1) is 0 Å². The summed E-state index contributed by atoms with van der Waals surface area (Å²) in [7, 11) is 2.30. The summed E-state index contributed by atoms with van der Waals surface area (Å²) in [6.07, 6.45) is 4.11. The van der Waals surface area contributed by atoms with E-state index in [9.17, 15) is 0 Å². The molecule has 0 radical (unpaired) electrons. The van der Waals surface area contributed by atoms with Crippen LogP contribution in [0.1, 0.15) is 53.9 Å². The summed E-state index contributed by atoms with van der Waals surface area (Å²) in [5, 5.41) is 0. The highest BCUT2D eigenvalue weighted by Crippen LogP contribution is 2.39. The number of hydrogen-bond donors (Lipinski definition) is 0. The summed E-state index contributed by atoms with van der Waals surface area (Å²) in [5.74, 6) is 2.62. The lowest BCUT2D eigenvalue weighted by atomic mass is 9.92. The Hall–Kier alpha value is -0.0400. The van der Waals surface area contributed by atoms with Gasteiger partial charge in [0.1, 0.15) is 0 Å². The van der Waals surface area contributed by atoms with Crippen LogP contribution in [-0.2, 0) is 0 Å². The Morgan fingerprint density at radius 2 is 1.73 bits per heavy atom. The molecule has 0 saturated carbocycles. The van der Waals surface area contributed by atoms with E-state index in [1.54, 1.807) is 0 Å². The molecule has 1 heterocycles. The standard InChI is InChI=1S/C14H29N/c1-7-11(4)9-13-14(15(13)6)12(5)8-10(2)3/h10-14H,7-9H2,1-6H3. The van der Waals surface area contributed by atoms with Crippen molar-refractivity contribution in [3.63, 3.8) is 0 Å². The molecule has 1 rings (SSSR count). The fraction of sp³-hybridized carbons (Fsp3) is 1.00. The first-order valence-electron chi connectivity index (χ1n) is 6.69. The first-order valence-corrected chi connectivity index (χ1v) is 6.69. The molecule has 0 spiro atoms. The van der Waals surface area contributed by atoms with Crippen molar-refractivity contribution < 1.29 is 0 Å². The third-order valence-electron chi connectivity index (χ3n) is 4.06. The van der Waals surface area contributed by atoms with Crippen LogP contribution in [0.4, 0.5) is 0 Å². The fourth-order valence-corrected chi connectivity index (χ4v) is 2.98. The van der Waals surface area contributed by atoms with Crippen molar-refractivity contribution in [2.75, 3.05) is 7.05 Å². The second-order valence-electron chi connectivity index (χ2n) is 6.08. The topological polar surface area (TPSA) is 3.01 Å². The van der Waals surface area contributed by atoms with Crippen molar-refractivity contribution >= 4 is 0 Å². The van der Waals surface area contributed by atoms with Crippen LogP contribution in [0, 0.1) is 17.8 Å². The van der Waals surface area contributed by atoms with Crippen LogP contribution < -0.4 is 0 Å².